The second-order valence-corrected chi connectivity index (χ2v) is 4.75. The lowest BCUT2D eigenvalue weighted by Crippen LogP contribution is -2.06. The summed E-state index contributed by atoms with van der Waals surface area (Å²) in [5.41, 5.74) is 1.73. The Morgan fingerprint density at radius 2 is 2.16 bits per heavy atom. The number of nitrogens with zero attached hydrogens (tertiary/aromatic N) is 4. The van der Waals surface area contributed by atoms with E-state index < -0.39 is 0 Å². The van der Waals surface area contributed by atoms with E-state index >= 15 is 0 Å². The highest BCUT2D eigenvalue weighted by atomic mass is 35.5. The monoisotopic (exact) mass is 276 g/mol. The Morgan fingerprint density at radius 3 is 2.74 bits per heavy atom. The summed E-state index contributed by atoms with van der Waals surface area (Å²) in [7, 11) is 1.57. The van der Waals surface area contributed by atoms with Gasteiger partial charge in [0.1, 0.15) is 17.5 Å². The molecule has 0 aliphatic carbocycles. The Morgan fingerprint density at radius 1 is 1.42 bits per heavy atom. The summed E-state index contributed by atoms with van der Waals surface area (Å²) >= 11 is 6.01. The quantitative estimate of drug-likeness (QED) is 0.865. The van der Waals surface area contributed by atoms with Crippen LogP contribution in [0.3, 0.4) is 0 Å². The van der Waals surface area contributed by atoms with E-state index in [0.717, 1.165) is 5.69 Å². The van der Waals surface area contributed by atoms with Crippen LogP contribution < -0.4 is 4.74 Å². The van der Waals surface area contributed by atoms with Gasteiger partial charge in [-0.3, -0.25) is 0 Å². The maximum Gasteiger partial charge on any atom is 0.186 e. The first kappa shape index (κ1) is 13.4. The summed E-state index contributed by atoms with van der Waals surface area (Å²) in [6, 6.07) is 7.29. The number of benzene rings is 1. The van der Waals surface area contributed by atoms with Crippen LogP contribution in [0.5, 0.6) is 5.75 Å². The van der Waals surface area contributed by atoms with Gasteiger partial charge >= 0.3 is 0 Å². The maximum atomic E-state index is 9.09. The summed E-state index contributed by atoms with van der Waals surface area (Å²) in [5, 5.41) is 17.6. The van der Waals surface area contributed by atoms with Crippen molar-refractivity contribution < 1.29 is 4.74 Å². The minimum atomic E-state index is 0.105. The van der Waals surface area contributed by atoms with Gasteiger partial charge in [0, 0.05) is 5.02 Å². The number of ether oxygens (including phenoxy) is 1. The molecule has 1 heterocycles. The zero-order valence-corrected chi connectivity index (χ0v) is 11.6. The van der Waals surface area contributed by atoms with Gasteiger partial charge in [-0.25, -0.2) is 4.68 Å². The second-order valence-electron chi connectivity index (χ2n) is 4.32. The van der Waals surface area contributed by atoms with Crippen molar-refractivity contribution in [2.75, 3.05) is 7.11 Å². The molecule has 0 aliphatic heterocycles. The van der Waals surface area contributed by atoms with E-state index in [1.807, 2.05) is 13.8 Å². The lowest BCUT2D eigenvalue weighted by Gasteiger charge is -2.12. The average molecular weight is 277 g/mol. The predicted octanol–water partition coefficient (Wildman–Crippen LogP) is 2.92. The first-order valence-electron chi connectivity index (χ1n) is 5.78. The largest absolute Gasteiger partial charge is 0.494 e. The van der Waals surface area contributed by atoms with Crippen molar-refractivity contribution in [1.82, 2.24) is 15.0 Å². The highest BCUT2D eigenvalue weighted by Crippen LogP contribution is 2.29. The molecule has 0 aliphatic rings. The molecular weight excluding hydrogens is 264 g/mol. The molecule has 0 saturated heterocycles. The minimum absolute atomic E-state index is 0.105. The lowest BCUT2D eigenvalue weighted by atomic mass is 10.1. The minimum Gasteiger partial charge on any atom is -0.494 e. The number of rotatable bonds is 3. The predicted molar refractivity (Wildman–Crippen MR) is 71.7 cm³/mol. The lowest BCUT2D eigenvalue weighted by molar-refractivity contribution is 0.410. The van der Waals surface area contributed by atoms with Crippen molar-refractivity contribution in [3.63, 3.8) is 0 Å². The first-order chi connectivity index (χ1) is 9.08. The Bertz CT molecular complexity index is 643. The van der Waals surface area contributed by atoms with Gasteiger partial charge in [-0.2, -0.15) is 5.26 Å². The van der Waals surface area contributed by atoms with Crippen LogP contribution in [0.15, 0.2) is 18.2 Å². The van der Waals surface area contributed by atoms with Crippen molar-refractivity contribution in [3.8, 4) is 17.5 Å². The number of methoxy groups -OCH3 is 1. The van der Waals surface area contributed by atoms with Crippen LogP contribution in [0, 0.1) is 11.3 Å². The molecule has 6 heteroatoms. The Kier molecular flexibility index (Phi) is 3.72. The molecule has 19 heavy (non-hydrogen) atoms. The second kappa shape index (κ2) is 5.29. The fraction of sp³-hybridized carbons (Fsp3) is 0.308. The van der Waals surface area contributed by atoms with Crippen LogP contribution in [0.25, 0.3) is 5.69 Å². The molecule has 0 bridgehead atoms. The molecule has 98 valence electrons. The molecule has 5 nitrogen and oxygen atoms in total. The van der Waals surface area contributed by atoms with Gasteiger partial charge in [0.2, 0.25) is 0 Å². The molecule has 0 fully saturated rings. The topological polar surface area (TPSA) is 63.7 Å². The molecule has 0 unspecified atom stereocenters. The van der Waals surface area contributed by atoms with Crippen LogP contribution in [-0.2, 0) is 0 Å². The van der Waals surface area contributed by atoms with Gasteiger partial charge in [-0.15, -0.1) is 5.10 Å². The number of hydrogen-bond donors (Lipinski definition) is 0. The van der Waals surface area contributed by atoms with E-state index in [1.165, 1.54) is 0 Å². The molecule has 0 saturated carbocycles. The Balaban J connectivity index is 2.69. The van der Waals surface area contributed by atoms with E-state index in [0.29, 0.717) is 22.2 Å². The zero-order chi connectivity index (χ0) is 14.0. The van der Waals surface area contributed by atoms with Crippen molar-refractivity contribution in [3.05, 3.63) is 34.6 Å². The molecule has 1 aromatic carbocycles. The molecule has 0 N–H and O–H groups in total. The summed E-state index contributed by atoms with van der Waals surface area (Å²) in [6.45, 7) is 3.96. The molecule has 2 aromatic rings. The van der Waals surface area contributed by atoms with Gasteiger partial charge < -0.3 is 4.74 Å². The van der Waals surface area contributed by atoms with E-state index in [-0.39, 0.29) is 5.92 Å². The third-order valence-electron chi connectivity index (χ3n) is 2.73. The number of hydrogen-bond acceptors (Lipinski definition) is 4. The molecule has 0 radical (unpaired) electrons. The Labute approximate surface area is 116 Å². The van der Waals surface area contributed by atoms with Crippen molar-refractivity contribution in [2.45, 2.75) is 19.8 Å². The van der Waals surface area contributed by atoms with Crippen molar-refractivity contribution >= 4 is 11.6 Å². The van der Waals surface area contributed by atoms with Gasteiger partial charge in [0.05, 0.1) is 12.8 Å². The van der Waals surface area contributed by atoms with Crippen LogP contribution in [0.1, 0.15) is 31.2 Å². The fourth-order valence-electron chi connectivity index (χ4n) is 1.89. The van der Waals surface area contributed by atoms with E-state index in [1.54, 1.807) is 30.0 Å². The van der Waals surface area contributed by atoms with Crippen LogP contribution in [-0.4, -0.2) is 22.1 Å². The number of nitriles is 1. The van der Waals surface area contributed by atoms with Crippen molar-refractivity contribution in [2.24, 2.45) is 0 Å². The SMILES string of the molecule is COc1ccc(Cl)cc1-n1nnc(C#N)c1C(C)C. The van der Waals surface area contributed by atoms with E-state index in [4.69, 9.17) is 21.6 Å². The third-order valence-corrected chi connectivity index (χ3v) is 2.96. The standard InChI is InChI=1S/C13H13ClN4O/c1-8(2)13-10(7-15)16-17-18(13)11-6-9(14)4-5-12(11)19-3/h4-6,8H,1-3H3. The highest BCUT2D eigenvalue weighted by molar-refractivity contribution is 6.30. The van der Waals surface area contributed by atoms with Gasteiger partial charge in [0.25, 0.3) is 0 Å². The molecule has 0 atom stereocenters. The van der Waals surface area contributed by atoms with Gasteiger partial charge in [0.15, 0.2) is 5.69 Å². The maximum absolute atomic E-state index is 9.09. The van der Waals surface area contributed by atoms with Crippen LogP contribution in [0.4, 0.5) is 0 Å². The normalized spacial score (nSPS) is 10.5. The number of aromatic nitrogens is 3. The summed E-state index contributed by atoms with van der Waals surface area (Å²) in [5.74, 6) is 0.731. The highest BCUT2D eigenvalue weighted by Gasteiger charge is 2.19. The van der Waals surface area contributed by atoms with E-state index in [9.17, 15) is 0 Å². The summed E-state index contributed by atoms with van der Waals surface area (Å²) in [6.07, 6.45) is 0. The smallest absolute Gasteiger partial charge is 0.186 e. The Hall–Kier alpha value is -2.06. The first-order valence-corrected chi connectivity index (χ1v) is 6.16. The average Bonchev–Trinajstić information content (AvgIpc) is 2.82. The van der Waals surface area contributed by atoms with Crippen LogP contribution >= 0.6 is 11.6 Å². The van der Waals surface area contributed by atoms with Gasteiger partial charge in [-0.05, 0) is 24.1 Å². The molecular formula is C13H13ClN4O. The third kappa shape index (κ3) is 2.40. The van der Waals surface area contributed by atoms with Gasteiger partial charge in [-0.1, -0.05) is 30.7 Å². The number of halogens is 1. The van der Waals surface area contributed by atoms with Crippen LogP contribution in [0.2, 0.25) is 5.02 Å². The molecule has 1 aromatic heterocycles. The molecule has 0 spiro atoms. The fourth-order valence-corrected chi connectivity index (χ4v) is 2.06. The van der Waals surface area contributed by atoms with Crippen molar-refractivity contribution in [1.29, 1.82) is 5.26 Å². The summed E-state index contributed by atoms with van der Waals surface area (Å²) < 4.78 is 6.91. The molecule has 2 rings (SSSR count). The zero-order valence-electron chi connectivity index (χ0n) is 10.9. The summed E-state index contributed by atoms with van der Waals surface area (Å²) in [4.78, 5) is 0. The molecule has 0 amide bonds. The van der Waals surface area contributed by atoms with E-state index in [2.05, 4.69) is 16.4 Å².